The Labute approximate surface area is 114 Å². The molecule has 3 atom stereocenters. The average Bonchev–Trinajstić information content (AvgIpc) is 2.65. The van der Waals surface area contributed by atoms with Gasteiger partial charge in [-0.15, -0.1) is 0 Å². The maximum absolute atomic E-state index is 12.7. The topological polar surface area (TPSA) is 52.7 Å². The molecule has 3 aliphatic heterocycles. The molecule has 0 aromatic carbocycles. The monoisotopic (exact) mass is 265 g/mol. The van der Waals surface area contributed by atoms with Gasteiger partial charge in [-0.1, -0.05) is 0 Å². The van der Waals surface area contributed by atoms with E-state index >= 15 is 0 Å². The summed E-state index contributed by atoms with van der Waals surface area (Å²) in [6.07, 6.45) is 4.54. The quantitative estimate of drug-likeness (QED) is 0.737. The van der Waals surface area contributed by atoms with Gasteiger partial charge in [0.2, 0.25) is 11.8 Å². The molecule has 19 heavy (non-hydrogen) atoms. The second kappa shape index (κ2) is 5.12. The number of hydrogen-bond acceptors (Lipinski definition) is 3. The Balaban J connectivity index is 1.71. The lowest BCUT2D eigenvalue weighted by Crippen LogP contribution is -2.48. The molecule has 3 aliphatic rings. The molecule has 1 N–H and O–H groups in total. The first kappa shape index (κ1) is 12.9. The minimum atomic E-state index is -0.0788. The van der Waals surface area contributed by atoms with E-state index in [1.807, 2.05) is 7.05 Å². The van der Waals surface area contributed by atoms with Gasteiger partial charge < -0.3 is 15.1 Å². The van der Waals surface area contributed by atoms with E-state index in [0.717, 1.165) is 45.3 Å². The van der Waals surface area contributed by atoms with Crippen LogP contribution in [-0.2, 0) is 9.59 Å². The standard InChI is InChI=1S/C14H23N3O2/c1-16-7-5-10(8-13(16)18)14(19)17-11-2-3-12(17)9-15-6-4-11/h10-12,15H,2-9H2,1H3. The molecule has 3 fully saturated rings. The first-order valence-electron chi connectivity index (χ1n) is 7.43. The number of carbonyl (C=O) groups is 2. The number of likely N-dealkylation sites (tertiary alicyclic amines) is 1. The lowest BCUT2D eigenvalue weighted by molar-refractivity contribution is -0.146. The zero-order valence-electron chi connectivity index (χ0n) is 11.6. The van der Waals surface area contributed by atoms with Gasteiger partial charge in [0, 0.05) is 44.6 Å². The minimum absolute atomic E-state index is 0.0788. The van der Waals surface area contributed by atoms with Crippen molar-refractivity contribution in [1.29, 1.82) is 0 Å². The SMILES string of the molecule is CN1CCC(C(=O)N2C3CCNCC2CC3)CC1=O. The maximum Gasteiger partial charge on any atom is 0.226 e. The first-order valence-corrected chi connectivity index (χ1v) is 7.43. The molecule has 3 saturated heterocycles. The normalized spacial score (nSPS) is 35.4. The minimum Gasteiger partial charge on any atom is -0.346 e. The fourth-order valence-corrected chi connectivity index (χ4v) is 3.71. The highest BCUT2D eigenvalue weighted by molar-refractivity contribution is 5.87. The Morgan fingerprint density at radius 3 is 2.79 bits per heavy atom. The number of amides is 2. The van der Waals surface area contributed by atoms with Crippen molar-refractivity contribution in [2.24, 2.45) is 5.92 Å². The second-order valence-electron chi connectivity index (χ2n) is 6.13. The molecule has 5 nitrogen and oxygen atoms in total. The van der Waals surface area contributed by atoms with Gasteiger partial charge in [-0.25, -0.2) is 0 Å². The van der Waals surface area contributed by atoms with E-state index < -0.39 is 0 Å². The van der Waals surface area contributed by atoms with Gasteiger partial charge in [0.25, 0.3) is 0 Å². The van der Waals surface area contributed by atoms with Crippen LogP contribution in [0.4, 0.5) is 0 Å². The highest BCUT2D eigenvalue weighted by atomic mass is 16.2. The van der Waals surface area contributed by atoms with Gasteiger partial charge in [0.15, 0.2) is 0 Å². The predicted octanol–water partition coefficient (Wildman–Crippen LogP) is 0.208. The molecular weight excluding hydrogens is 242 g/mol. The van der Waals surface area contributed by atoms with Crippen LogP contribution < -0.4 is 5.32 Å². The van der Waals surface area contributed by atoms with Gasteiger partial charge >= 0.3 is 0 Å². The van der Waals surface area contributed by atoms with Crippen LogP contribution in [0.2, 0.25) is 0 Å². The number of nitrogens with one attached hydrogen (secondary N) is 1. The van der Waals surface area contributed by atoms with Crippen LogP contribution in [-0.4, -0.2) is 60.4 Å². The van der Waals surface area contributed by atoms with Crippen LogP contribution >= 0.6 is 0 Å². The number of hydrogen-bond donors (Lipinski definition) is 1. The summed E-state index contributed by atoms with van der Waals surface area (Å²) in [6, 6.07) is 0.761. The Hall–Kier alpha value is -1.10. The lowest BCUT2D eigenvalue weighted by atomic mass is 9.94. The Bertz CT molecular complexity index is 371. The number of nitrogens with zero attached hydrogens (tertiary/aromatic N) is 2. The number of rotatable bonds is 1. The molecule has 3 heterocycles. The van der Waals surface area contributed by atoms with Crippen molar-refractivity contribution in [3.8, 4) is 0 Å². The molecule has 3 rings (SSSR count). The zero-order chi connectivity index (χ0) is 13.4. The highest BCUT2D eigenvalue weighted by Gasteiger charge is 2.41. The van der Waals surface area contributed by atoms with Crippen molar-refractivity contribution >= 4 is 11.8 Å². The van der Waals surface area contributed by atoms with Gasteiger partial charge in [-0.05, 0) is 32.2 Å². The van der Waals surface area contributed by atoms with Gasteiger partial charge in [0.05, 0.1) is 0 Å². The summed E-state index contributed by atoms with van der Waals surface area (Å²) in [6.45, 7) is 2.65. The van der Waals surface area contributed by atoms with E-state index in [-0.39, 0.29) is 17.7 Å². The number of piperidine rings is 1. The maximum atomic E-state index is 12.7. The Morgan fingerprint density at radius 1 is 1.21 bits per heavy atom. The van der Waals surface area contributed by atoms with Gasteiger partial charge in [0.1, 0.15) is 0 Å². The molecule has 2 bridgehead atoms. The lowest BCUT2D eigenvalue weighted by Gasteiger charge is -2.35. The summed E-state index contributed by atoms with van der Waals surface area (Å²) in [7, 11) is 1.82. The zero-order valence-corrected chi connectivity index (χ0v) is 11.6. The summed E-state index contributed by atoms with van der Waals surface area (Å²) in [5, 5.41) is 3.41. The summed E-state index contributed by atoms with van der Waals surface area (Å²) in [5.41, 5.74) is 0. The molecule has 0 saturated carbocycles. The van der Waals surface area contributed by atoms with Gasteiger partial charge in [-0.3, -0.25) is 9.59 Å². The van der Waals surface area contributed by atoms with Crippen LogP contribution in [0.1, 0.15) is 32.1 Å². The Kier molecular flexibility index (Phi) is 3.48. The van der Waals surface area contributed by atoms with Crippen LogP contribution in [0.15, 0.2) is 0 Å². The van der Waals surface area contributed by atoms with E-state index in [1.165, 1.54) is 0 Å². The second-order valence-corrected chi connectivity index (χ2v) is 6.13. The molecule has 0 aromatic rings. The molecule has 2 amide bonds. The highest BCUT2D eigenvalue weighted by Crippen LogP contribution is 2.31. The summed E-state index contributed by atoms with van der Waals surface area (Å²) < 4.78 is 0. The van der Waals surface area contributed by atoms with Crippen molar-refractivity contribution in [2.45, 2.75) is 44.2 Å². The van der Waals surface area contributed by atoms with E-state index in [9.17, 15) is 9.59 Å². The van der Waals surface area contributed by atoms with E-state index in [4.69, 9.17) is 0 Å². The largest absolute Gasteiger partial charge is 0.346 e. The average molecular weight is 265 g/mol. The molecule has 0 radical (unpaired) electrons. The molecule has 3 unspecified atom stereocenters. The van der Waals surface area contributed by atoms with Crippen molar-refractivity contribution < 1.29 is 9.59 Å². The van der Waals surface area contributed by atoms with Crippen LogP contribution in [0.5, 0.6) is 0 Å². The van der Waals surface area contributed by atoms with Crippen LogP contribution in [0.25, 0.3) is 0 Å². The third-order valence-corrected chi connectivity index (χ3v) is 4.92. The fraction of sp³-hybridized carbons (Fsp3) is 0.857. The van der Waals surface area contributed by atoms with E-state index in [0.29, 0.717) is 18.5 Å². The predicted molar refractivity (Wildman–Crippen MR) is 71.5 cm³/mol. The van der Waals surface area contributed by atoms with Crippen molar-refractivity contribution in [2.75, 3.05) is 26.7 Å². The molecule has 0 spiro atoms. The third-order valence-electron chi connectivity index (χ3n) is 4.92. The summed E-state index contributed by atoms with van der Waals surface area (Å²) >= 11 is 0. The molecule has 5 heteroatoms. The van der Waals surface area contributed by atoms with E-state index in [2.05, 4.69) is 10.2 Å². The molecule has 106 valence electrons. The summed E-state index contributed by atoms with van der Waals surface area (Å²) in [4.78, 5) is 28.4. The van der Waals surface area contributed by atoms with Gasteiger partial charge in [-0.2, -0.15) is 0 Å². The van der Waals surface area contributed by atoms with Crippen molar-refractivity contribution in [3.63, 3.8) is 0 Å². The van der Waals surface area contributed by atoms with E-state index in [1.54, 1.807) is 4.90 Å². The molecular formula is C14H23N3O2. The molecule has 0 aliphatic carbocycles. The summed E-state index contributed by atoms with van der Waals surface area (Å²) in [5.74, 6) is 0.271. The smallest absolute Gasteiger partial charge is 0.226 e. The van der Waals surface area contributed by atoms with Crippen LogP contribution in [0.3, 0.4) is 0 Å². The first-order chi connectivity index (χ1) is 9.16. The number of carbonyl (C=O) groups excluding carboxylic acids is 2. The van der Waals surface area contributed by atoms with Crippen molar-refractivity contribution in [3.05, 3.63) is 0 Å². The number of fused-ring (bicyclic) bond motifs is 2. The fourth-order valence-electron chi connectivity index (χ4n) is 3.71. The van der Waals surface area contributed by atoms with Crippen molar-refractivity contribution in [1.82, 2.24) is 15.1 Å². The Morgan fingerprint density at radius 2 is 2.00 bits per heavy atom. The van der Waals surface area contributed by atoms with Crippen LogP contribution in [0, 0.1) is 5.92 Å². The third kappa shape index (κ3) is 2.36. The molecule has 0 aromatic heterocycles.